The van der Waals surface area contributed by atoms with Crippen molar-refractivity contribution in [3.05, 3.63) is 0 Å². The van der Waals surface area contributed by atoms with E-state index in [2.05, 4.69) is 19.2 Å². The summed E-state index contributed by atoms with van der Waals surface area (Å²) in [5, 5.41) is 23.9. The van der Waals surface area contributed by atoms with E-state index in [0.29, 0.717) is 11.5 Å². The molecule has 4 aliphatic rings. The SMILES string of the molecule is C[C@]12CC[C@H]3[C@@H](CCC4N[C@@H](O)CC[C@@]43C)[C@@H]1CC[C@@H]2O. The summed E-state index contributed by atoms with van der Waals surface area (Å²) < 4.78 is 0. The Morgan fingerprint density at radius 3 is 2.33 bits per heavy atom. The van der Waals surface area contributed by atoms with E-state index >= 15 is 0 Å². The van der Waals surface area contributed by atoms with Crippen LogP contribution in [0.4, 0.5) is 0 Å². The average Bonchev–Trinajstić information content (AvgIpc) is 2.76. The second-order valence-corrected chi connectivity index (χ2v) is 8.87. The molecule has 21 heavy (non-hydrogen) atoms. The largest absolute Gasteiger partial charge is 0.393 e. The van der Waals surface area contributed by atoms with E-state index < -0.39 is 0 Å². The number of rotatable bonds is 0. The maximum Gasteiger partial charge on any atom is 0.105 e. The maximum atomic E-state index is 10.5. The summed E-state index contributed by atoms with van der Waals surface area (Å²) in [5.74, 6) is 2.33. The monoisotopic (exact) mass is 293 g/mol. The van der Waals surface area contributed by atoms with E-state index in [0.717, 1.165) is 30.6 Å². The first-order valence-electron chi connectivity index (χ1n) is 9.07. The molecule has 1 unspecified atom stereocenters. The Kier molecular flexibility index (Phi) is 3.23. The Balaban J connectivity index is 1.62. The van der Waals surface area contributed by atoms with E-state index in [-0.39, 0.29) is 17.7 Å². The number of hydrogen-bond donors (Lipinski definition) is 3. The van der Waals surface area contributed by atoms with E-state index in [1.165, 1.54) is 38.5 Å². The van der Waals surface area contributed by atoms with Gasteiger partial charge in [0.25, 0.3) is 0 Å². The third-order valence-electron chi connectivity index (χ3n) is 8.17. The lowest BCUT2D eigenvalue weighted by Gasteiger charge is -2.60. The van der Waals surface area contributed by atoms with Crippen molar-refractivity contribution in [3.63, 3.8) is 0 Å². The summed E-state index contributed by atoms with van der Waals surface area (Å²) in [6, 6.07) is 0.498. The lowest BCUT2D eigenvalue weighted by Crippen LogP contribution is -2.62. The number of aliphatic hydroxyl groups excluding tert-OH is 2. The molecule has 0 spiro atoms. The standard InChI is InChI=1S/C18H31NO2/c1-17-10-8-16(21)19-14(17)5-3-11-12-4-6-15(20)18(12,2)9-7-13(11)17/h11-16,19-21H,3-10H2,1-2H3/t11-,12-,13-,14?,15-,16-,17+,18-/m0/s1. The Bertz CT molecular complexity index is 427. The summed E-state index contributed by atoms with van der Waals surface area (Å²) >= 11 is 0. The number of piperidine rings is 1. The zero-order valence-electron chi connectivity index (χ0n) is 13.5. The van der Waals surface area contributed by atoms with Crippen molar-refractivity contribution < 1.29 is 10.2 Å². The molecular weight excluding hydrogens is 262 g/mol. The predicted molar refractivity (Wildman–Crippen MR) is 82.6 cm³/mol. The van der Waals surface area contributed by atoms with E-state index in [1.54, 1.807) is 0 Å². The third-order valence-corrected chi connectivity index (χ3v) is 8.17. The van der Waals surface area contributed by atoms with Crippen LogP contribution in [0.5, 0.6) is 0 Å². The molecule has 4 fully saturated rings. The summed E-state index contributed by atoms with van der Waals surface area (Å²) in [6.45, 7) is 4.82. The molecule has 0 aromatic heterocycles. The van der Waals surface area contributed by atoms with Crippen LogP contribution in [0, 0.1) is 28.6 Å². The van der Waals surface area contributed by atoms with E-state index in [9.17, 15) is 10.2 Å². The van der Waals surface area contributed by atoms with Crippen molar-refractivity contribution in [1.29, 1.82) is 0 Å². The van der Waals surface area contributed by atoms with Gasteiger partial charge in [-0.3, -0.25) is 5.32 Å². The van der Waals surface area contributed by atoms with Crippen LogP contribution < -0.4 is 5.32 Å². The normalized spacial score (nSPS) is 60.0. The van der Waals surface area contributed by atoms with Crippen LogP contribution in [0.15, 0.2) is 0 Å². The van der Waals surface area contributed by atoms with Crippen LogP contribution in [0.3, 0.4) is 0 Å². The van der Waals surface area contributed by atoms with Crippen molar-refractivity contribution in [2.24, 2.45) is 28.6 Å². The van der Waals surface area contributed by atoms with Crippen LogP contribution in [0.1, 0.15) is 65.2 Å². The zero-order chi connectivity index (χ0) is 14.8. The Morgan fingerprint density at radius 2 is 1.52 bits per heavy atom. The van der Waals surface area contributed by atoms with Crippen molar-refractivity contribution in [2.75, 3.05) is 0 Å². The number of fused-ring (bicyclic) bond motifs is 5. The highest BCUT2D eigenvalue weighted by atomic mass is 16.3. The van der Waals surface area contributed by atoms with Crippen LogP contribution in [-0.2, 0) is 0 Å². The second kappa shape index (κ2) is 4.69. The van der Waals surface area contributed by atoms with Gasteiger partial charge in [0.05, 0.1) is 6.10 Å². The Hall–Kier alpha value is -0.120. The molecule has 0 bridgehead atoms. The molecular formula is C18H31NO2. The van der Waals surface area contributed by atoms with Gasteiger partial charge in [-0.15, -0.1) is 0 Å². The lowest BCUT2D eigenvalue weighted by molar-refractivity contribution is -0.123. The summed E-state index contributed by atoms with van der Waals surface area (Å²) in [5.41, 5.74) is 0.545. The van der Waals surface area contributed by atoms with Gasteiger partial charge >= 0.3 is 0 Å². The van der Waals surface area contributed by atoms with Crippen molar-refractivity contribution in [3.8, 4) is 0 Å². The highest BCUT2D eigenvalue weighted by Crippen LogP contribution is 2.64. The van der Waals surface area contributed by atoms with Crippen LogP contribution in [0.25, 0.3) is 0 Å². The van der Waals surface area contributed by atoms with Gasteiger partial charge in [0.15, 0.2) is 0 Å². The molecule has 3 nitrogen and oxygen atoms in total. The zero-order valence-corrected chi connectivity index (χ0v) is 13.5. The highest BCUT2D eigenvalue weighted by molar-refractivity contribution is 5.10. The maximum absolute atomic E-state index is 10.5. The summed E-state index contributed by atoms with van der Waals surface area (Å²) in [6.07, 6.45) is 8.93. The van der Waals surface area contributed by atoms with Gasteiger partial charge < -0.3 is 10.2 Å². The Labute approximate surface area is 128 Å². The molecule has 0 aromatic rings. The van der Waals surface area contributed by atoms with E-state index in [1.807, 2.05) is 0 Å². The van der Waals surface area contributed by atoms with E-state index in [4.69, 9.17) is 0 Å². The molecule has 0 radical (unpaired) electrons. The fourth-order valence-electron chi connectivity index (χ4n) is 6.83. The molecule has 0 aromatic carbocycles. The minimum absolute atomic E-state index is 0.0692. The minimum atomic E-state index is -0.290. The molecule has 3 aliphatic carbocycles. The molecule has 8 atom stereocenters. The fourth-order valence-corrected chi connectivity index (χ4v) is 6.83. The third kappa shape index (κ3) is 1.90. The summed E-state index contributed by atoms with van der Waals surface area (Å²) in [4.78, 5) is 0. The van der Waals surface area contributed by atoms with Crippen LogP contribution in [0.2, 0.25) is 0 Å². The van der Waals surface area contributed by atoms with Gasteiger partial charge in [-0.25, -0.2) is 0 Å². The molecule has 3 saturated carbocycles. The van der Waals surface area contributed by atoms with Gasteiger partial charge in [-0.2, -0.15) is 0 Å². The first-order chi connectivity index (χ1) is 9.95. The molecule has 1 heterocycles. The molecule has 3 N–H and O–H groups in total. The highest BCUT2D eigenvalue weighted by Gasteiger charge is 2.60. The molecule has 1 saturated heterocycles. The number of aliphatic hydroxyl groups is 2. The predicted octanol–water partition coefficient (Wildman–Crippen LogP) is 2.66. The topological polar surface area (TPSA) is 52.5 Å². The molecule has 120 valence electrons. The van der Waals surface area contributed by atoms with Crippen molar-refractivity contribution in [1.82, 2.24) is 5.32 Å². The smallest absolute Gasteiger partial charge is 0.105 e. The van der Waals surface area contributed by atoms with Gasteiger partial charge in [0, 0.05) is 6.04 Å². The average molecular weight is 293 g/mol. The quantitative estimate of drug-likeness (QED) is 0.643. The number of hydrogen-bond acceptors (Lipinski definition) is 3. The molecule has 3 heteroatoms. The first-order valence-corrected chi connectivity index (χ1v) is 9.07. The summed E-state index contributed by atoms with van der Waals surface area (Å²) in [7, 11) is 0. The Morgan fingerprint density at radius 1 is 0.810 bits per heavy atom. The van der Waals surface area contributed by atoms with Crippen molar-refractivity contribution >= 4 is 0 Å². The fraction of sp³-hybridized carbons (Fsp3) is 1.00. The van der Waals surface area contributed by atoms with Crippen LogP contribution in [-0.4, -0.2) is 28.6 Å². The van der Waals surface area contributed by atoms with Gasteiger partial charge in [0.2, 0.25) is 0 Å². The van der Waals surface area contributed by atoms with Crippen molar-refractivity contribution in [2.45, 2.75) is 83.6 Å². The molecule has 1 aliphatic heterocycles. The van der Waals surface area contributed by atoms with Gasteiger partial charge in [0.1, 0.15) is 6.23 Å². The second-order valence-electron chi connectivity index (χ2n) is 8.87. The first kappa shape index (κ1) is 14.5. The molecule has 0 amide bonds. The number of nitrogens with one attached hydrogen (secondary N) is 1. The van der Waals surface area contributed by atoms with Gasteiger partial charge in [-0.05, 0) is 80.0 Å². The van der Waals surface area contributed by atoms with Gasteiger partial charge in [-0.1, -0.05) is 13.8 Å². The lowest BCUT2D eigenvalue weighted by atomic mass is 9.47. The van der Waals surface area contributed by atoms with Crippen LogP contribution >= 0.6 is 0 Å². The molecule has 4 rings (SSSR count). The minimum Gasteiger partial charge on any atom is -0.393 e.